The lowest BCUT2D eigenvalue weighted by atomic mass is 10.1. The number of rotatable bonds is 40. The number of allylic oxidation sites excluding steroid dienone is 8. The lowest BCUT2D eigenvalue weighted by Crippen LogP contribution is -2.37. The first-order chi connectivity index (χ1) is 27.0. The van der Waals surface area contributed by atoms with Gasteiger partial charge in [0.05, 0.1) is 27.7 Å². The zero-order chi connectivity index (χ0) is 41.4. The highest BCUT2D eigenvalue weighted by Crippen LogP contribution is 2.43. The van der Waals surface area contributed by atoms with Gasteiger partial charge in [-0.2, -0.15) is 0 Å². The van der Waals surface area contributed by atoms with Crippen molar-refractivity contribution in [3.63, 3.8) is 0 Å². The molecule has 0 saturated heterocycles. The molecule has 0 heterocycles. The number of carbonyl (C=O) groups excluding carboxylic acids is 2. The highest BCUT2D eigenvalue weighted by atomic mass is 31.2. The van der Waals surface area contributed by atoms with Crippen LogP contribution in [0.2, 0.25) is 0 Å². The first kappa shape index (κ1) is 54.0. The summed E-state index contributed by atoms with van der Waals surface area (Å²) in [6.45, 7) is 4.33. The van der Waals surface area contributed by atoms with E-state index in [4.69, 9.17) is 18.5 Å². The second-order valence-electron chi connectivity index (χ2n) is 16.1. The Morgan fingerprint density at radius 3 is 1.46 bits per heavy atom. The van der Waals surface area contributed by atoms with E-state index in [2.05, 4.69) is 62.5 Å². The van der Waals surface area contributed by atoms with Gasteiger partial charge in [-0.15, -0.1) is 0 Å². The van der Waals surface area contributed by atoms with Crippen molar-refractivity contribution < 1.29 is 42.1 Å². The zero-order valence-corrected chi connectivity index (χ0v) is 37.5. The van der Waals surface area contributed by atoms with E-state index in [-0.39, 0.29) is 32.0 Å². The normalized spacial score (nSPS) is 14.0. The Morgan fingerprint density at radius 1 is 0.554 bits per heavy atom. The monoisotopic (exact) mass is 811 g/mol. The van der Waals surface area contributed by atoms with Crippen LogP contribution in [0.15, 0.2) is 48.6 Å². The topological polar surface area (TPSA) is 108 Å². The summed E-state index contributed by atoms with van der Waals surface area (Å²) >= 11 is 0. The number of phosphoric acid groups is 1. The number of ether oxygens (including phenoxy) is 2. The molecule has 9 nitrogen and oxygen atoms in total. The van der Waals surface area contributed by atoms with Gasteiger partial charge in [0, 0.05) is 12.8 Å². The molecule has 0 radical (unpaired) electrons. The van der Waals surface area contributed by atoms with Crippen LogP contribution in [-0.2, 0) is 32.7 Å². The Morgan fingerprint density at radius 2 is 0.982 bits per heavy atom. The number of hydrogen-bond donors (Lipinski definition) is 1. The molecule has 0 saturated carbocycles. The molecule has 56 heavy (non-hydrogen) atoms. The number of quaternary nitrogens is 1. The van der Waals surface area contributed by atoms with E-state index in [1.165, 1.54) is 64.2 Å². The van der Waals surface area contributed by atoms with Crippen molar-refractivity contribution in [2.75, 3.05) is 47.5 Å². The van der Waals surface area contributed by atoms with Crippen molar-refractivity contribution in [3.05, 3.63) is 48.6 Å². The number of carbonyl (C=O) groups is 2. The summed E-state index contributed by atoms with van der Waals surface area (Å²) in [5.41, 5.74) is 0. The van der Waals surface area contributed by atoms with E-state index in [0.29, 0.717) is 17.4 Å². The lowest BCUT2D eigenvalue weighted by molar-refractivity contribution is -0.870. The van der Waals surface area contributed by atoms with E-state index < -0.39 is 26.5 Å². The molecule has 0 fully saturated rings. The SMILES string of the molecule is CCCC/C=C\C/C=C\CCCCCCCC(=O)OCC(COP(=O)(O)OCC[N+](C)(C)C)OC(=O)CCCCCCCCC/C=C\C/C=C\CCCCCC. The molecule has 2 unspecified atom stereocenters. The second kappa shape index (κ2) is 38.5. The molecule has 0 bridgehead atoms. The molecule has 0 amide bonds. The van der Waals surface area contributed by atoms with Crippen LogP contribution in [0.1, 0.15) is 181 Å². The third kappa shape index (κ3) is 41.6. The summed E-state index contributed by atoms with van der Waals surface area (Å²) in [5, 5.41) is 0. The average Bonchev–Trinajstić information content (AvgIpc) is 3.15. The third-order valence-corrected chi connectivity index (χ3v) is 10.3. The molecule has 0 rings (SSSR count). The maximum absolute atomic E-state index is 12.7. The van der Waals surface area contributed by atoms with Crippen molar-refractivity contribution in [2.24, 2.45) is 0 Å². The Bertz CT molecular complexity index is 1100. The Balaban J connectivity index is 4.38. The van der Waals surface area contributed by atoms with Crippen LogP contribution in [0.3, 0.4) is 0 Å². The molecule has 0 aromatic rings. The fourth-order valence-corrected chi connectivity index (χ4v) is 6.51. The minimum absolute atomic E-state index is 0.0262. The maximum Gasteiger partial charge on any atom is 0.472 e. The van der Waals surface area contributed by atoms with Gasteiger partial charge in [-0.25, -0.2) is 4.57 Å². The molecular formula is C46H85NO8P+. The van der Waals surface area contributed by atoms with Gasteiger partial charge in [-0.1, -0.05) is 146 Å². The summed E-state index contributed by atoms with van der Waals surface area (Å²) in [4.78, 5) is 35.4. The van der Waals surface area contributed by atoms with Crippen molar-refractivity contribution in [2.45, 2.75) is 187 Å². The Labute approximate surface area is 343 Å². The van der Waals surface area contributed by atoms with Gasteiger partial charge in [-0.3, -0.25) is 18.6 Å². The van der Waals surface area contributed by atoms with Crippen molar-refractivity contribution in [1.82, 2.24) is 0 Å². The molecule has 0 spiro atoms. The highest BCUT2D eigenvalue weighted by Gasteiger charge is 2.27. The van der Waals surface area contributed by atoms with Gasteiger partial charge >= 0.3 is 19.8 Å². The number of esters is 2. The van der Waals surface area contributed by atoms with Crippen LogP contribution in [0.5, 0.6) is 0 Å². The summed E-state index contributed by atoms with van der Waals surface area (Å²) in [6.07, 6.45) is 44.3. The van der Waals surface area contributed by atoms with Crippen molar-refractivity contribution in [1.29, 1.82) is 0 Å². The number of nitrogens with zero attached hydrogens (tertiary/aromatic N) is 1. The van der Waals surface area contributed by atoms with Gasteiger partial charge in [0.1, 0.15) is 19.8 Å². The molecular weight excluding hydrogens is 725 g/mol. The molecule has 0 aromatic heterocycles. The largest absolute Gasteiger partial charge is 0.472 e. The van der Waals surface area contributed by atoms with Crippen LogP contribution in [0.4, 0.5) is 0 Å². The fourth-order valence-electron chi connectivity index (χ4n) is 5.77. The number of likely N-dealkylation sites (N-methyl/N-ethyl adjacent to an activating group) is 1. The summed E-state index contributed by atoms with van der Waals surface area (Å²) < 4.78 is 34.3. The minimum atomic E-state index is -4.38. The lowest BCUT2D eigenvalue weighted by Gasteiger charge is -2.24. The maximum atomic E-state index is 12.7. The minimum Gasteiger partial charge on any atom is -0.462 e. The summed E-state index contributed by atoms with van der Waals surface area (Å²) in [7, 11) is 1.46. The Kier molecular flexibility index (Phi) is 37.1. The van der Waals surface area contributed by atoms with Gasteiger partial charge in [0.2, 0.25) is 0 Å². The fraction of sp³-hybridized carbons (Fsp3) is 0.783. The Hall–Kier alpha value is -2.03. The predicted octanol–water partition coefficient (Wildman–Crippen LogP) is 12.7. The average molecular weight is 811 g/mol. The van der Waals surface area contributed by atoms with Crippen LogP contribution in [-0.4, -0.2) is 74.9 Å². The smallest absolute Gasteiger partial charge is 0.462 e. The summed E-state index contributed by atoms with van der Waals surface area (Å²) in [6, 6.07) is 0. The number of unbranched alkanes of at least 4 members (excludes halogenated alkanes) is 18. The van der Waals surface area contributed by atoms with Crippen LogP contribution in [0.25, 0.3) is 0 Å². The molecule has 0 aromatic carbocycles. The van der Waals surface area contributed by atoms with E-state index in [1.54, 1.807) is 0 Å². The highest BCUT2D eigenvalue weighted by molar-refractivity contribution is 7.47. The van der Waals surface area contributed by atoms with Gasteiger partial charge in [0.25, 0.3) is 0 Å². The molecule has 2 atom stereocenters. The van der Waals surface area contributed by atoms with Gasteiger partial charge in [0.15, 0.2) is 6.10 Å². The molecule has 0 aliphatic carbocycles. The van der Waals surface area contributed by atoms with Crippen molar-refractivity contribution >= 4 is 19.8 Å². The van der Waals surface area contributed by atoms with E-state index in [1.807, 2.05) is 21.1 Å². The molecule has 0 aliphatic heterocycles. The predicted molar refractivity (Wildman–Crippen MR) is 233 cm³/mol. The van der Waals surface area contributed by atoms with Gasteiger partial charge in [-0.05, 0) is 70.6 Å². The standard InChI is InChI=1S/C46H84NO8P/c1-6-8-10-12-14-16-18-20-22-23-24-25-27-29-31-33-35-37-39-46(49)55-44(43-54-56(50,51)53-41-40-47(3,4)5)42-52-45(48)38-36-34-32-30-28-26-21-19-17-15-13-11-9-7-2/h13,15-16,18-19,21-23,44H,6-12,14,17,20,24-43H2,1-5H3/p+1/b15-13-,18-16-,21-19-,23-22-. The number of hydrogen-bond acceptors (Lipinski definition) is 7. The summed E-state index contributed by atoms with van der Waals surface area (Å²) in [5.74, 6) is -0.825. The molecule has 1 N–H and O–H groups in total. The zero-order valence-electron chi connectivity index (χ0n) is 36.6. The third-order valence-electron chi connectivity index (χ3n) is 9.33. The van der Waals surface area contributed by atoms with E-state index >= 15 is 0 Å². The van der Waals surface area contributed by atoms with Crippen molar-refractivity contribution in [3.8, 4) is 0 Å². The number of phosphoric ester groups is 1. The first-order valence-corrected chi connectivity index (χ1v) is 23.9. The van der Waals surface area contributed by atoms with Crippen LogP contribution in [0, 0.1) is 0 Å². The molecule has 0 aliphatic rings. The first-order valence-electron chi connectivity index (χ1n) is 22.4. The van der Waals surface area contributed by atoms with Gasteiger partial charge < -0.3 is 18.9 Å². The van der Waals surface area contributed by atoms with E-state index in [9.17, 15) is 19.0 Å². The molecule has 326 valence electrons. The quantitative estimate of drug-likeness (QED) is 0.0214. The van der Waals surface area contributed by atoms with Crippen LogP contribution >= 0.6 is 7.82 Å². The second-order valence-corrected chi connectivity index (χ2v) is 17.5. The molecule has 10 heteroatoms. The van der Waals surface area contributed by atoms with Crippen LogP contribution < -0.4 is 0 Å². The van der Waals surface area contributed by atoms with E-state index in [0.717, 1.165) is 83.5 Å².